The summed E-state index contributed by atoms with van der Waals surface area (Å²) in [4.78, 5) is 11.8. The minimum atomic E-state index is -0.0460. The molecule has 1 fully saturated rings. The van der Waals surface area contributed by atoms with Gasteiger partial charge in [0.2, 0.25) is 5.91 Å². The van der Waals surface area contributed by atoms with Crippen LogP contribution >= 0.6 is 0 Å². The van der Waals surface area contributed by atoms with Crippen LogP contribution in [0.4, 0.5) is 5.82 Å². The van der Waals surface area contributed by atoms with E-state index in [9.17, 15) is 4.79 Å². The summed E-state index contributed by atoms with van der Waals surface area (Å²) >= 11 is 0. The molecule has 1 amide bonds. The van der Waals surface area contributed by atoms with Crippen molar-refractivity contribution in [3.8, 4) is 0 Å². The van der Waals surface area contributed by atoms with Crippen LogP contribution in [0.5, 0.6) is 0 Å². The normalized spacial score (nSPS) is 18.3. The van der Waals surface area contributed by atoms with Crippen molar-refractivity contribution < 1.29 is 4.79 Å². The van der Waals surface area contributed by atoms with Crippen molar-refractivity contribution in [3.63, 3.8) is 0 Å². The summed E-state index contributed by atoms with van der Waals surface area (Å²) in [6.45, 7) is 2.54. The molecule has 2 N–H and O–H groups in total. The van der Waals surface area contributed by atoms with E-state index in [4.69, 9.17) is 0 Å². The smallest absolute Gasteiger partial charge is 0.227 e. The van der Waals surface area contributed by atoms with Crippen molar-refractivity contribution in [2.45, 2.75) is 25.4 Å². The summed E-state index contributed by atoms with van der Waals surface area (Å²) in [5.41, 5.74) is 0. The minimum absolute atomic E-state index is 0.0460. The lowest BCUT2D eigenvalue weighted by Crippen LogP contribution is -2.16. The molecule has 1 aliphatic rings. The fourth-order valence-electron chi connectivity index (χ4n) is 2.33. The molecule has 1 saturated heterocycles. The van der Waals surface area contributed by atoms with Gasteiger partial charge in [0.05, 0.1) is 6.04 Å². The van der Waals surface area contributed by atoms with Gasteiger partial charge in [-0.3, -0.25) is 14.2 Å². The molecule has 7 nitrogen and oxygen atoms in total. The predicted molar refractivity (Wildman–Crippen MR) is 74.2 cm³/mol. The molecule has 0 aromatic carbocycles. The van der Waals surface area contributed by atoms with Gasteiger partial charge in [-0.1, -0.05) is 0 Å². The highest BCUT2D eigenvalue weighted by molar-refractivity contribution is 5.89. The second kappa shape index (κ2) is 5.87. The van der Waals surface area contributed by atoms with Gasteiger partial charge in [-0.2, -0.15) is 10.2 Å². The van der Waals surface area contributed by atoms with Gasteiger partial charge in [-0.05, 0) is 19.0 Å². The maximum atomic E-state index is 11.8. The summed E-state index contributed by atoms with van der Waals surface area (Å²) in [6, 6.07) is 4.07. The lowest BCUT2D eigenvalue weighted by atomic mass is 10.3. The molecular formula is C13H18N6O. The number of rotatable bonds is 5. The highest BCUT2D eigenvalue weighted by Crippen LogP contribution is 2.15. The molecule has 2 aromatic heterocycles. The van der Waals surface area contributed by atoms with Gasteiger partial charge in [0.25, 0.3) is 0 Å². The van der Waals surface area contributed by atoms with Gasteiger partial charge in [0.15, 0.2) is 5.82 Å². The fraction of sp³-hybridized carbons (Fsp3) is 0.462. The number of nitrogens with zero attached hydrogens (tertiary/aromatic N) is 4. The van der Waals surface area contributed by atoms with Crippen LogP contribution in [0.25, 0.3) is 0 Å². The van der Waals surface area contributed by atoms with Crippen LogP contribution in [0.1, 0.15) is 18.9 Å². The van der Waals surface area contributed by atoms with Crippen LogP contribution in [0.3, 0.4) is 0 Å². The first-order chi connectivity index (χ1) is 9.81. The minimum Gasteiger partial charge on any atom is -0.315 e. The van der Waals surface area contributed by atoms with E-state index in [1.165, 1.54) is 0 Å². The number of hydrogen-bond donors (Lipinski definition) is 2. The van der Waals surface area contributed by atoms with Gasteiger partial charge in [0, 0.05) is 44.2 Å². The Kier molecular flexibility index (Phi) is 3.78. The van der Waals surface area contributed by atoms with E-state index in [2.05, 4.69) is 20.8 Å². The number of aryl methyl sites for hydroxylation is 1. The van der Waals surface area contributed by atoms with Crippen LogP contribution in [0, 0.1) is 0 Å². The van der Waals surface area contributed by atoms with E-state index in [0.29, 0.717) is 24.8 Å². The third-order valence-electron chi connectivity index (χ3n) is 3.41. The molecule has 0 spiro atoms. The largest absolute Gasteiger partial charge is 0.315 e. The highest BCUT2D eigenvalue weighted by Gasteiger charge is 2.17. The first-order valence-corrected chi connectivity index (χ1v) is 6.84. The molecule has 1 aliphatic heterocycles. The maximum absolute atomic E-state index is 11.8. The molecule has 0 bridgehead atoms. The molecule has 3 rings (SSSR count). The van der Waals surface area contributed by atoms with Crippen molar-refractivity contribution in [1.29, 1.82) is 0 Å². The SMILES string of the molecule is O=C(CCn1cccn1)Nc1ccn([C@H]2CCNC2)n1. The molecule has 2 aromatic rings. The summed E-state index contributed by atoms with van der Waals surface area (Å²) in [5, 5.41) is 14.6. The zero-order chi connectivity index (χ0) is 13.8. The maximum Gasteiger partial charge on any atom is 0.227 e. The van der Waals surface area contributed by atoms with Gasteiger partial charge in [0.1, 0.15) is 0 Å². The van der Waals surface area contributed by atoms with E-state index in [1.807, 2.05) is 29.2 Å². The second-order valence-corrected chi connectivity index (χ2v) is 4.89. The van der Waals surface area contributed by atoms with E-state index in [0.717, 1.165) is 19.5 Å². The average Bonchev–Trinajstić information content (AvgIpc) is 3.18. The molecule has 1 atom stereocenters. The Hall–Kier alpha value is -2.15. The topological polar surface area (TPSA) is 76.8 Å². The fourth-order valence-corrected chi connectivity index (χ4v) is 2.33. The van der Waals surface area contributed by atoms with Gasteiger partial charge in [-0.15, -0.1) is 0 Å². The Morgan fingerprint density at radius 3 is 3.20 bits per heavy atom. The molecule has 7 heteroatoms. The number of nitrogens with one attached hydrogen (secondary N) is 2. The monoisotopic (exact) mass is 274 g/mol. The Labute approximate surface area is 117 Å². The van der Waals surface area contributed by atoms with Crippen molar-refractivity contribution in [1.82, 2.24) is 24.9 Å². The summed E-state index contributed by atoms with van der Waals surface area (Å²) in [7, 11) is 0. The van der Waals surface area contributed by atoms with E-state index in [-0.39, 0.29) is 5.91 Å². The Morgan fingerprint density at radius 2 is 2.45 bits per heavy atom. The van der Waals surface area contributed by atoms with Gasteiger partial charge >= 0.3 is 0 Å². The Bertz CT molecular complexity index is 555. The lowest BCUT2D eigenvalue weighted by Gasteiger charge is -2.08. The lowest BCUT2D eigenvalue weighted by molar-refractivity contribution is -0.116. The highest BCUT2D eigenvalue weighted by atomic mass is 16.1. The Morgan fingerprint density at radius 1 is 1.50 bits per heavy atom. The number of amides is 1. The summed E-state index contributed by atoms with van der Waals surface area (Å²) in [5.74, 6) is 0.567. The van der Waals surface area contributed by atoms with Crippen LogP contribution in [0.2, 0.25) is 0 Å². The van der Waals surface area contributed by atoms with Crippen molar-refractivity contribution in [2.24, 2.45) is 0 Å². The third-order valence-corrected chi connectivity index (χ3v) is 3.41. The van der Waals surface area contributed by atoms with Crippen LogP contribution < -0.4 is 10.6 Å². The van der Waals surface area contributed by atoms with Gasteiger partial charge in [-0.25, -0.2) is 0 Å². The van der Waals surface area contributed by atoms with Crippen LogP contribution in [-0.4, -0.2) is 38.6 Å². The second-order valence-electron chi connectivity index (χ2n) is 4.89. The zero-order valence-corrected chi connectivity index (χ0v) is 11.2. The molecule has 20 heavy (non-hydrogen) atoms. The number of hydrogen-bond acceptors (Lipinski definition) is 4. The van der Waals surface area contributed by atoms with Crippen LogP contribution in [-0.2, 0) is 11.3 Å². The molecule has 0 saturated carbocycles. The van der Waals surface area contributed by atoms with Crippen molar-refractivity contribution in [3.05, 3.63) is 30.7 Å². The average molecular weight is 274 g/mol. The van der Waals surface area contributed by atoms with E-state index >= 15 is 0 Å². The third kappa shape index (κ3) is 3.05. The molecule has 0 unspecified atom stereocenters. The molecule has 0 aliphatic carbocycles. The summed E-state index contributed by atoms with van der Waals surface area (Å²) < 4.78 is 3.66. The molecular weight excluding hydrogens is 256 g/mol. The van der Waals surface area contributed by atoms with Crippen molar-refractivity contribution >= 4 is 11.7 Å². The molecule has 3 heterocycles. The number of carbonyl (C=O) groups is 1. The number of anilines is 1. The van der Waals surface area contributed by atoms with Gasteiger partial charge < -0.3 is 10.6 Å². The predicted octanol–water partition coefficient (Wildman–Crippen LogP) is 0.643. The number of aromatic nitrogens is 4. The van der Waals surface area contributed by atoms with E-state index < -0.39 is 0 Å². The van der Waals surface area contributed by atoms with Crippen LogP contribution in [0.15, 0.2) is 30.7 Å². The van der Waals surface area contributed by atoms with Crippen molar-refractivity contribution in [2.75, 3.05) is 18.4 Å². The summed E-state index contributed by atoms with van der Waals surface area (Å²) in [6.07, 6.45) is 6.93. The standard InChI is InChI=1S/C13H18N6O/c20-13(4-8-18-7-1-5-15-18)16-12-3-9-19(17-12)11-2-6-14-10-11/h1,3,5,7,9,11,14H,2,4,6,8,10H2,(H,16,17,20)/t11-/m0/s1. The number of carbonyl (C=O) groups excluding carboxylic acids is 1. The quantitative estimate of drug-likeness (QED) is 0.839. The molecule has 106 valence electrons. The first-order valence-electron chi connectivity index (χ1n) is 6.84. The zero-order valence-electron chi connectivity index (χ0n) is 11.2. The Balaban J connectivity index is 1.50. The van der Waals surface area contributed by atoms with E-state index in [1.54, 1.807) is 10.9 Å². The molecule has 0 radical (unpaired) electrons. The first kappa shape index (κ1) is 12.9.